The predicted octanol–water partition coefficient (Wildman–Crippen LogP) is 3.73. The summed E-state index contributed by atoms with van der Waals surface area (Å²) in [4.78, 5) is 17.6. The second kappa shape index (κ2) is 6.92. The van der Waals surface area contributed by atoms with E-state index in [9.17, 15) is 9.90 Å². The highest BCUT2D eigenvalue weighted by atomic mass is 79.9. The molecule has 25 heavy (non-hydrogen) atoms. The lowest BCUT2D eigenvalue weighted by molar-refractivity contribution is -0.138. The number of rotatable bonds is 2. The van der Waals surface area contributed by atoms with E-state index in [1.165, 1.54) is 24.8 Å². The van der Waals surface area contributed by atoms with Crippen molar-refractivity contribution in [2.75, 3.05) is 25.1 Å². The normalized spacial score (nSPS) is 29.5. The molecule has 0 spiro atoms. The second-order valence-electron chi connectivity index (χ2n) is 7.83. The van der Waals surface area contributed by atoms with Crippen LogP contribution in [-0.2, 0) is 4.79 Å². The van der Waals surface area contributed by atoms with Crippen molar-refractivity contribution in [1.29, 1.82) is 0 Å². The lowest BCUT2D eigenvalue weighted by atomic mass is 9.81. The highest BCUT2D eigenvalue weighted by Crippen LogP contribution is 2.49. The Bertz CT molecular complexity index is 659. The summed E-state index contributed by atoms with van der Waals surface area (Å²) in [6.45, 7) is 0.958. The van der Waals surface area contributed by atoms with Gasteiger partial charge in [0.1, 0.15) is 0 Å². The minimum Gasteiger partial charge on any atom is -0.394 e. The molecular weight excluding hydrogens is 380 g/mol. The molecule has 0 radical (unpaired) electrons. The first-order valence-corrected chi connectivity index (χ1v) is 10.3. The number of nitrogens with zero attached hydrogens (tertiary/aromatic N) is 2. The Kier molecular flexibility index (Phi) is 4.80. The van der Waals surface area contributed by atoms with Crippen molar-refractivity contribution in [2.45, 2.75) is 50.6 Å². The molecule has 0 bridgehead atoms. The monoisotopic (exact) mass is 406 g/mol. The molecule has 5 heteroatoms. The number of likely N-dealkylation sites (tertiary alicyclic amines) is 1. The number of likely N-dealkylation sites (N-methyl/N-ethyl adjacent to an activating group) is 1. The molecule has 4 nitrogen and oxygen atoms in total. The summed E-state index contributed by atoms with van der Waals surface area (Å²) >= 11 is 3.60. The number of anilines is 1. The Hall–Kier alpha value is -1.07. The van der Waals surface area contributed by atoms with Crippen molar-refractivity contribution >= 4 is 27.5 Å². The average molecular weight is 407 g/mol. The van der Waals surface area contributed by atoms with Gasteiger partial charge in [-0.2, -0.15) is 0 Å². The van der Waals surface area contributed by atoms with Gasteiger partial charge in [-0.1, -0.05) is 35.2 Å². The van der Waals surface area contributed by atoms with Crippen LogP contribution in [0.1, 0.15) is 50.1 Å². The number of hydrogen-bond acceptors (Lipinski definition) is 3. The van der Waals surface area contributed by atoms with E-state index in [4.69, 9.17) is 0 Å². The van der Waals surface area contributed by atoms with E-state index in [1.54, 1.807) is 0 Å². The Balaban J connectivity index is 1.71. The van der Waals surface area contributed by atoms with E-state index < -0.39 is 0 Å². The maximum atomic E-state index is 13.3. The number of amides is 1. The minimum atomic E-state index is 0.0860. The third kappa shape index (κ3) is 2.89. The fraction of sp³-hybridized carbons (Fsp3) is 0.650. The van der Waals surface area contributed by atoms with Gasteiger partial charge in [-0.05, 0) is 43.0 Å². The van der Waals surface area contributed by atoms with Gasteiger partial charge in [0.05, 0.1) is 18.7 Å². The Morgan fingerprint density at radius 1 is 1.24 bits per heavy atom. The molecule has 1 aromatic rings. The highest BCUT2D eigenvalue weighted by molar-refractivity contribution is 9.10. The molecule has 3 aliphatic rings. The lowest BCUT2D eigenvalue weighted by Gasteiger charge is -2.45. The summed E-state index contributed by atoms with van der Waals surface area (Å²) in [6, 6.07) is 6.52. The van der Waals surface area contributed by atoms with E-state index in [0.717, 1.165) is 36.0 Å². The molecule has 0 unspecified atom stereocenters. The van der Waals surface area contributed by atoms with Crippen LogP contribution in [0.4, 0.5) is 5.69 Å². The van der Waals surface area contributed by atoms with Gasteiger partial charge >= 0.3 is 0 Å². The molecule has 136 valence electrons. The first kappa shape index (κ1) is 17.3. The molecule has 3 atom stereocenters. The van der Waals surface area contributed by atoms with Crippen molar-refractivity contribution in [3.63, 3.8) is 0 Å². The van der Waals surface area contributed by atoms with Crippen LogP contribution in [0.5, 0.6) is 0 Å². The molecule has 1 aromatic carbocycles. The minimum absolute atomic E-state index is 0.0860. The third-order valence-electron chi connectivity index (χ3n) is 6.55. The molecular formula is C20H27BrN2O2. The second-order valence-corrected chi connectivity index (χ2v) is 8.74. The third-order valence-corrected chi connectivity index (χ3v) is 7.04. The average Bonchev–Trinajstić information content (AvgIpc) is 3.07. The molecule has 2 heterocycles. The standard InChI is InChI=1S/C20H27BrN2O2/c1-22-17-8-7-14(21)11-16(17)19-15(18(22)12-24)9-10-23(19)20(25)13-5-3-2-4-6-13/h7-8,11,13,15,18-19,24H,2-6,9-10,12H2,1H3/t15-,18+,19-/m1/s1. The maximum absolute atomic E-state index is 13.3. The first-order chi connectivity index (χ1) is 12.1. The number of hydrogen-bond donors (Lipinski definition) is 1. The molecule has 1 saturated carbocycles. The van der Waals surface area contributed by atoms with E-state index in [-0.39, 0.29) is 24.6 Å². The molecule has 1 aliphatic carbocycles. The van der Waals surface area contributed by atoms with Crippen LogP contribution >= 0.6 is 15.9 Å². The van der Waals surface area contributed by atoms with Crippen molar-refractivity contribution in [3.05, 3.63) is 28.2 Å². The van der Waals surface area contributed by atoms with E-state index in [0.29, 0.717) is 11.8 Å². The first-order valence-electron chi connectivity index (χ1n) is 9.55. The zero-order chi connectivity index (χ0) is 17.6. The summed E-state index contributed by atoms with van der Waals surface area (Å²) < 4.78 is 1.05. The largest absolute Gasteiger partial charge is 0.394 e. The van der Waals surface area contributed by atoms with Gasteiger partial charge in [0.15, 0.2) is 0 Å². The van der Waals surface area contributed by atoms with Gasteiger partial charge in [0.25, 0.3) is 0 Å². The van der Waals surface area contributed by atoms with Crippen LogP contribution in [0.2, 0.25) is 0 Å². The van der Waals surface area contributed by atoms with E-state index in [2.05, 4.69) is 44.9 Å². The fourth-order valence-corrected chi connectivity index (χ4v) is 5.63. The zero-order valence-corrected chi connectivity index (χ0v) is 16.4. The summed E-state index contributed by atoms with van der Waals surface area (Å²) in [5.41, 5.74) is 2.38. The smallest absolute Gasteiger partial charge is 0.226 e. The maximum Gasteiger partial charge on any atom is 0.226 e. The van der Waals surface area contributed by atoms with E-state index in [1.807, 2.05) is 6.07 Å². The number of aliphatic hydroxyl groups excluding tert-OH is 1. The van der Waals surface area contributed by atoms with Crippen LogP contribution in [0.15, 0.2) is 22.7 Å². The number of carbonyl (C=O) groups excluding carboxylic acids is 1. The van der Waals surface area contributed by atoms with Crippen molar-refractivity contribution in [3.8, 4) is 0 Å². The van der Waals surface area contributed by atoms with Crippen molar-refractivity contribution in [1.82, 2.24) is 4.90 Å². The Morgan fingerprint density at radius 2 is 2.00 bits per heavy atom. The number of fused-ring (bicyclic) bond motifs is 3. The summed E-state index contributed by atoms with van der Waals surface area (Å²) in [5, 5.41) is 10.0. The summed E-state index contributed by atoms with van der Waals surface area (Å²) in [6.07, 6.45) is 6.70. The van der Waals surface area contributed by atoms with Crippen LogP contribution in [0, 0.1) is 11.8 Å². The lowest BCUT2D eigenvalue weighted by Crippen LogP contribution is -2.49. The van der Waals surface area contributed by atoms with Gasteiger partial charge in [-0.3, -0.25) is 4.79 Å². The Labute approximate surface area is 158 Å². The predicted molar refractivity (Wildman–Crippen MR) is 103 cm³/mol. The van der Waals surface area contributed by atoms with Gasteiger partial charge in [-0.25, -0.2) is 0 Å². The van der Waals surface area contributed by atoms with E-state index >= 15 is 0 Å². The molecule has 4 rings (SSSR count). The van der Waals surface area contributed by atoms with Gasteiger partial charge in [-0.15, -0.1) is 0 Å². The number of halogens is 1. The number of aliphatic hydroxyl groups is 1. The molecule has 2 fully saturated rings. The number of carbonyl (C=O) groups is 1. The van der Waals surface area contributed by atoms with Crippen molar-refractivity contribution in [2.24, 2.45) is 11.8 Å². The zero-order valence-electron chi connectivity index (χ0n) is 14.8. The summed E-state index contributed by atoms with van der Waals surface area (Å²) in [5.74, 6) is 0.860. The molecule has 0 aromatic heterocycles. The van der Waals surface area contributed by atoms with Gasteiger partial charge in [0.2, 0.25) is 5.91 Å². The topological polar surface area (TPSA) is 43.8 Å². The molecule has 1 saturated heterocycles. The van der Waals surface area contributed by atoms with Crippen molar-refractivity contribution < 1.29 is 9.90 Å². The molecule has 1 amide bonds. The molecule has 2 aliphatic heterocycles. The Morgan fingerprint density at radius 3 is 2.72 bits per heavy atom. The summed E-state index contributed by atoms with van der Waals surface area (Å²) in [7, 11) is 2.06. The van der Waals surface area contributed by atoms with Gasteiger partial charge < -0.3 is 14.9 Å². The number of benzene rings is 1. The van der Waals surface area contributed by atoms with Crippen LogP contribution in [-0.4, -0.2) is 42.2 Å². The van der Waals surface area contributed by atoms with Crippen LogP contribution in [0.3, 0.4) is 0 Å². The highest BCUT2D eigenvalue weighted by Gasteiger charge is 2.48. The fourth-order valence-electron chi connectivity index (χ4n) is 5.26. The molecule has 1 N–H and O–H groups in total. The van der Waals surface area contributed by atoms with Crippen LogP contribution in [0.25, 0.3) is 0 Å². The SMILES string of the molecule is CN1c2ccc(Br)cc2[C@H]2[C@H](CCN2C(=O)C2CCCCC2)[C@@H]1CO. The van der Waals surface area contributed by atoms with Crippen LogP contribution < -0.4 is 4.90 Å². The van der Waals surface area contributed by atoms with Gasteiger partial charge in [0, 0.05) is 35.6 Å². The quantitative estimate of drug-likeness (QED) is 0.813.